The normalized spacial score (nSPS) is 22.3. The highest BCUT2D eigenvalue weighted by molar-refractivity contribution is 9.10. The van der Waals surface area contributed by atoms with Gasteiger partial charge in [0.1, 0.15) is 17.7 Å². The SMILES string of the molecule is CC(=O)OCC1=C(C(=O)OC(c2ccccc2)c2ccccc2)N2C(=O)[C@@](N)(Br)[C@H]2SC1. The fourth-order valence-corrected chi connectivity index (χ4v) is 5.70. The topological polar surface area (TPSA) is 98.9 Å². The number of thioether (sulfide) groups is 1. The number of benzene rings is 2. The Bertz CT molecular complexity index is 1030. The smallest absolute Gasteiger partial charge is 0.356 e. The molecule has 2 aromatic rings. The van der Waals surface area contributed by atoms with Crippen LogP contribution in [0.15, 0.2) is 71.9 Å². The van der Waals surface area contributed by atoms with E-state index in [9.17, 15) is 14.4 Å². The molecule has 1 amide bonds. The quantitative estimate of drug-likeness (QED) is 0.272. The first kappa shape index (κ1) is 22.6. The molecule has 2 aliphatic heterocycles. The lowest BCUT2D eigenvalue weighted by atomic mass is 10.0. The number of rotatable bonds is 6. The lowest BCUT2D eigenvalue weighted by Crippen LogP contribution is -2.74. The Morgan fingerprint density at radius 3 is 2.25 bits per heavy atom. The fraction of sp³-hybridized carbons (Fsp3) is 0.261. The Labute approximate surface area is 198 Å². The van der Waals surface area contributed by atoms with Crippen LogP contribution in [0.25, 0.3) is 0 Å². The molecule has 0 aromatic heterocycles. The standard InChI is InChI=1S/C23H21BrN2O5S/c1-14(27)30-12-17-13-32-22-23(24,25)21(29)26(22)18(17)20(28)31-19(15-8-4-2-5-9-15)16-10-6-3-7-11-16/h2-11,19,22H,12-13,25H2,1H3/t22-,23+/m1/s1. The predicted molar refractivity (Wildman–Crippen MR) is 123 cm³/mol. The summed E-state index contributed by atoms with van der Waals surface area (Å²) in [4.78, 5) is 38.9. The zero-order valence-electron chi connectivity index (χ0n) is 17.2. The van der Waals surface area contributed by atoms with Gasteiger partial charge in [0.15, 0.2) is 10.6 Å². The van der Waals surface area contributed by atoms with Crippen molar-refractivity contribution in [2.24, 2.45) is 5.73 Å². The van der Waals surface area contributed by atoms with Gasteiger partial charge in [-0.1, -0.05) is 76.6 Å². The number of nitrogens with zero attached hydrogens (tertiary/aromatic N) is 1. The van der Waals surface area contributed by atoms with Crippen LogP contribution in [0.5, 0.6) is 0 Å². The molecule has 9 heteroatoms. The van der Waals surface area contributed by atoms with E-state index in [4.69, 9.17) is 15.2 Å². The van der Waals surface area contributed by atoms with Gasteiger partial charge >= 0.3 is 11.9 Å². The minimum Gasteiger partial charge on any atom is -0.461 e. The number of alkyl halides is 1. The van der Waals surface area contributed by atoms with Crippen molar-refractivity contribution in [1.29, 1.82) is 0 Å². The van der Waals surface area contributed by atoms with Crippen molar-refractivity contribution in [3.63, 3.8) is 0 Å². The van der Waals surface area contributed by atoms with Crippen molar-refractivity contribution in [3.8, 4) is 0 Å². The van der Waals surface area contributed by atoms with Crippen LogP contribution in [0, 0.1) is 0 Å². The largest absolute Gasteiger partial charge is 0.461 e. The highest BCUT2D eigenvalue weighted by atomic mass is 79.9. The molecule has 32 heavy (non-hydrogen) atoms. The number of hydrogen-bond donors (Lipinski definition) is 1. The molecule has 1 fully saturated rings. The number of amides is 1. The molecule has 7 nitrogen and oxygen atoms in total. The molecule has 0 saturated carbocycles. The lowest BCUT2D eigenvalue weighted by molar-refractivity contribution is -0.154. The van der Waals surface area contributed by atoms with Crippen molar-refractivity contribution in [2.75, 3.05) is 12.4 Å². The van der Waals surface area contributed by atoms with Crippen molar-refractivity contribution in [2.45, 2.75) is 22.8 Å². The second-order valence-electron chi connectivity index (χ2n) is 7.45. The third-order valence-electron chi connectivity index (χ3n) is 5.20. The van der Waals surface area contributed by atoms with Gasteiger partial charge in [-0.25, -0.2) is 4.79 Å². The number of hydrogen-bond acceptors (Lipinski definition) is 7. The molecule has 0 spiro atoms. The number of esters is 2. The summed E-state index contributed by atoms with van der Waals surface area (Å²) in [6, 6.07) is 18.7. The van der Waals surface area contributed by atoms with E-state index in [1.165, 1.54) is 23.6 Å². The summed E-state index contributed by atoms with van der Waals surface area (Å²) in [6.45, 7) is 1.18. The van der Waals surface area contributed by atoms with Crippen LogP contribution >= 0.6 is 27.7 Å². The van der Waals surface area contributed by atoms with Gasteiger partial charge in [0.25, 0.3) is 5.91 Å². The van der Waals surface area contributed by atoms with E-state index in [1.54, 1.807) is 0 Å². The molecule has 2 heterocycles. The maximum Gasteiger partial charge on any atom is 0.356 e. The van der Waals surface area contributed by atoms with E-state index < -0.39 is 33.8 Å². The van der Waals surface area contributed by atoms with Crippen LogP contribution in [-0.4, -0.2) is 44.9 Å². The zero-order valence-corrected chi connectivity index (χ0v) is 19.6. The van der Waals surface area contributed by atoms with Crippen molar-refractivity contribution in [1.82, 2.24) is 4.90 Å². The maximum atomic E-state index is 13.5. The summed E-state index contributed by atoms with van der Waals surface area (Å²) in [7, 11) is 0. The van der Waals surface area contributed by atoms with Crippen LogP contribution in [0.2, 0.25) is 0 Å². The molecular formula is C23H21BrN2O5S. The van der Waals surface area contributed by atoms with E-state index in [-0.39, 0.29) is 12.3 Å². The Morgan fingerprint density at radius 2 is 1.72 bits per heavy atom. The van der Waals surface area contributed by atoms with Gasteiger partial charge in [0, 0.05) is 18.2 Å². The first-order valence-electron chi connectivity index (χ1n) is 9.90. The number of fused-ring (bicyclic) bond motifs is 1. The zero-order chi connectivity index (χ0) is 22.9. The molecular weight excluding hydrogens is 496 g/mol. The highest BCUT2D eigenvalue weighted by Gasteiger charge is 2.61. The Morgan fingerprint density at radius 1 is 1.16 bits per heavy atom. The first-order chi connectivity index (χ1) is 15.3. The summed E-state index contributed by atoms with van der Waals surface area (Å²) in [5.74, 6) is -1.23. The van der Waals surface area contributed by atoms with Crippen LogP contribution in [-0.2, 0) is 23.9 Å². The first-order valence-corrected chi connectivity index (χ1v) is 11.7. The molecule has 166 valence electrons. The number of carbonyl (C=O) groups is 3. The van der Waals surface area contributed by atoms with Gasteiger partial charge in [-0.15, -0.1) is 11.8 Å². The fourth-order valence-electron chi connectivity index (χ4n) is 3.64. The second kappa shape index (κ2) is 9.09. The van der Waals surface area contributed by atoms with E-state index in [2.05, 4.69) is 15.9 Å². The molecule has 4 rings (SSSR count). The molecule has 0 aliphatic carbocycles. The Balaban J connectivity index is 1.70. The van der Waals surface area contributed by atoms with E-state index in [0.717, 1.165) is 11.1 Å². The van der Waals surface area contributed by atoms with E-state index in [1.807, 2.05) is 60.7 Å². The van der Waals surface area contributed by atoms with Gasteiger partial charge in [-0.05, 0) is 11.1 Å². The monoisotopic (exact) mass is 516 g/mol. The number of carbonyl (C=O) groups excluding carboxylic acids is 3. The summed E-state index contributed by atoms with van der Waals surface area (Å²) < 4.78 is 9.85. The molecule has 0 bridgehead atoms. The van der Waals surface area contributed by atoms with Crippen LogP contribution in [0.1, 0.15) is 24.2 Å². The third-order valence-corrected chi connectivity index (χ3v) is 7.69. The van der Waals surface area contributed by atoms with Gasteiger partial charge in [-0.3, -0.25) is 14.5 Å². The molecule has 2 aliphatic rings. The molecule has 2 aromatic carbocycles. The third kappa shape index (κ3) is 4.20. The number of β-lactam (4-membered cyclic amide) rings is 1. The maximum absolute atomic E-state index is 13.5. The second-order valence-corrected chi connectivity index (χ2v) is 9.83. The van der Waals surface area contributed by atoms with Crippen molar-refractivity contribution < 1.29 is 23.9 Å². The Kier molecular flexibility index (Phi) is 6.41. The molecule has 0 radical (unpaired) electrons. The van der Waals surface area contributed by atoms with Gasteiger partial charge < -0.3 is 15.2 Å². The van der Waals surface area contributed by atoms with Gasteiger partial charge in [-0.2, -0.15) is 0 Å². The van der Waals surface area contributed by atoms with Crippen LogP contribution in [0.4, 0.5) is 0 Å². The van der Waals surface area contributed by atoms with E-state index in [0.29, 0.717) is 11.3 Å². The van der Waals surface area contributed by atoms with Crippen LogP contribution < -0.4 is 5.73 Å². The average Bonchev–Trinajstić information content (AvgIpc) is 2.81. The van der Waals surface area contributed by atoms with Gasteiger partial charge in [0.2, 0.25) is 0 Å². The van der Waals surface area contributed by atoms with Crippen molar-refractivity contribution in [3.05, 3.63) is 83.1 Å². The molecule has 0 unspecified atom stereocenters. The summed E-state index contributed by atoms with van der Waals surface area (Å²) in [5.41, 5.74) is 8.24. The minimum atomic E-state index is -1.26. The van der Waals surface area contributed by atoms with Crippen molar-refractivity contribution >= 4 is 45.5 Å². The molecule has 1 saturated heterocycles. The highest BCUT2D eigenvalue weighted by Crippen LogP contribution is 2.48. The molecule has 2 N–H and O–H groups in total. The van der Waals surface area contributed by atoms with Gasteiger partial charge in [0.05, 0.1) is 0 Å². The summed E-state index contributed by atoms with van der Waals surface area (Å²) in [5, 5.41) is -0.467. The van der Waals surface area contributed by atoms with E-state index >= 15 is 0 Å². The summed E-state index contributed by atoms with van der Waals surface area (Å²) in [6.07, 6.45) is -0.677. The number of halogens is 1. The van der Waals surface area contributed by atoms with Crippen LogP contribution in [0.3, 0.4) is 0 Å². The Hall–Kier alpha value is -2.62. The number of ether oxygens (including phenoxy) is 2. The average molecular weight is 517 g/mol. The number of nitrogens with two attached hydrogens (primary N) is 1. The minimum absolute atomic E-state index is 0.0809. The predicted octanol–water partition coefficient (Wildman–Crippen LogP) is 3.10. The lowest BCUT2D eigenvalue weighted by Gasteiger charge is -2.52. The summed E-state index contributed by atoms with van der Waals surface area (Å²) >= 11 is 4.65. The molecule has 2 atom stereocenters.